The van der Waals surface area contributed by atoms with Crippen LogP contribution in [-0.4, -0.2) is 9.97 Å². The average molecular weight is 264 g/mol. The van der Waals surface area contributed by atoms with Crippen LogP contribution in [0.4, 0.5) is 0 Å². The fraction of sp³-hybridized carbons (Fsp3) is 0. The van der Waals surface area contributed by atoms with E-state index in [1.165, 1.54) is 0 Å². The van der Waals surface area contributed by atoms with Crippen LogP contribution in [0.3, 0.4) is 0 Å². The molecule has 2 aromatic rings. The normalized spacial score (nSPS) is 10.2. The second kappa shape index (κ2) is 4.33. The van der Waals surface area contributed by atoms with Crippen LogP contribution in [0.5, 0.6) is 0 Å². The Labute approximate surface area is 86.4 Å². The number of pyridine rings is 2. The Hall–Kier alpha value is -0.960. The number of hydrogen-bond donors (Lipinski definition) is 0. The van der Waals surface area contributed by atoms with Crippen LogP contribution in [0.1, 0.15) is 0 Å². The summed E-state index contributed by atoms with van der Waals surface area (Å²) in [6.07, 6.45) is 3.62. The van der Waals surface area contributed by atoms with E-state index in [0.717, 1.165) is 7.82 Å². The predicted octanol–water partition coefficient (Wildman–Crippen LogP) is 0.510. The van der Waals surface area contributed by atoms with Gasteiger partial charge in [0.05, 0.1) is 0 Å². The molecular formula is C10H8AgN2. The van der Waals surface area contributed by atoms with Gasteiger partial charge in [-0.3, -0.25) is 0 Å². The molecule has 0 saturated carbocycles. The molecule has 0 spiro atoms. The molecule has 0 saturated heterocycles. The van der Waals surface area contributed by atoms with Crippen molar-refractivity contribution >= 4 is 7.82 Å². The van der Waals surface area contributed by atoms with E-state index in [2.05, 4.69) is 9.97 Å². The molecule has 2 rings (SSSR count). The minimum atomic E-state index is 0.534. The van der Waals surface area contributed by atoms with Crippen molar-refractivity contribution in [2.45, 2.75) is 0 Å². The third-order valence-electron chi connectivity index (χ3n) is 1.37. The monoisotopic (exact) mass is 263 g/mol. The van der Waals surface area contributed by atoms with Gasteiger partial charge < -0.3 is 0 Å². The first-order valence-corrected chi connectivity index (χ1v) is 5.32. The third kappa shape index (κ3) is 2.49. The van der Waals surface area contributed by atoms with E-state index in [9.17, 15) is 0 Å². The topological polar surface area (TPSA) is 25.8 Å². The summed E-state index contributed by atoms with van der Waals surface area (Å²) in [7, 11) is 0. The van der Waals surface area contributed by atoms with E-state index >= 15 is 0 Å². The SMILES string of the molecule is c1cc[c]([Ag][c]2ccccn2)nc1. The van der Waals surface area contributed by atoms with E-state index in [1.807, 2.05) is 48.8 Å². The van der Waals surface area contributed by atoms with Crippen molar-refractivity contribution in [1.82, 2.24) is 9.97 Å². The van der Waals surface area contributed by atoms with Crippen molar-refractivity contribution < 1.29 is 19.8 Å². The van der Waals surface area contributed by atoms with E-state index in [1.54, 1.807) is 0 Å². The fourth-order valence-electron chi connectivity index (χ4n) is 0.826. The zero-order chi connectivity index (χ0) is 8.93. The summed E-state index contributed by atoms with van der Waals surface area (Å²) in [6, 6.07) is 11.9. The third-order valence-corrected chi connectivity index (χ3v) is 3.00. The molecule has 0 radical (unpaired) electrons. The van der Waals surface area contributed by atoms with Crippen LogP contribution in [0.25, 0.3) is 0 Å². The van der Waals surface area contributed by atoms with Gasteiger partial charge in [-0.15, -0.1) is 0 Å². The van der Waals surface area contributed by atoms with Crippen molar-refractivity contribution in [1.29, 1.82) is 0 Å². The quantitative estimate of drug-likeness (QED) is 0.738. The van der Waals surface area contributed by atoms with Crippen molar-refractivity contribution in [3.05, 3.63) is 48.8 Å². The Balaban J connectivity index is 2.16. The van der Waals surface area contributed by atoms with Gasteiger partial charge in [-0.05, 0) is 0 Å². The fourth-order valence-corrected chi connectivity index (χ4v) is 2.16. The molecule has 13 heavy (non-hydrogen) atoms. The molecule has 0 aliphatic carbocycles. The van der Waals surface area contributed by atoms with Crippen LogP contribution in [0.2, 0.25) is 0 Å². The van der Waals surface area contributed by atoms with E-state index in [4.69, 9.17) is 0 Å². The first kappa shape index (κ1) is 8.63. The maximum absolute atomic E-state index is 4.25. The molecule has 0 aromatic carbocycles. The Kier molecular flexibility index (Phi) is 2.87. The first-order valence-electron chi connectivity index (χ1n) is 3.84. The van der Waals surface area contributed by atoms with Gasteiger partial charge in [-0.25, -0.2) is 0 Å². The standard InChI is InChI=1S/2C5H4N.Ag/c2*1-2-4-6-5-3-1;/h2*1-4H;. The molecule has 0 unspecified atom stereocenters. The van der Waals surface area contributed by atoms with Gasteiger partial charge in [0.15, 0.2) is 0 Å². The molecule has 2 aromatic heterocycles. The van der Waals surface area contributed by atoms with Gasteiger partial charge >= 0.3 is 86.3 Å². The molecule has 0 aliphatic heterocycles. The zero-order valence-corrected chi connectivity index (χ0v) is 8.30. The van der Waals surface area contributed by atoms with Crippen molar-refractivity contribution in [2.75, 3.05) is 0 Å². The molecule has 3 heteroatoms. The summed E-state index contributed by atoms with van der Waals surface area (Å²) in [5, 5.41) is 0. The molecule has 2 nitrogen and oxygen atoms in total. The summed E-state index contributed by atoms with van der Waals surface area (Å²) in [4.78, 5) is 8.49. The van der Waals surface area contributed by atoms with Gasteiger partial charge in [0, 0.05) is 0 Å². The molecule has 2 heterocycles. The molecule has 69 valence electrons. The van der Waals surface area contributed by atoms with Crippen molar-refractivity contribution in [3.63, 3.8) is 0 Å². The van der Waals surface area contributed by atoms with Crippen LogP contribution in [0.15, 0.2) is 48.8 Å². The molecule has 0 bridgehead atoms. The number of nitrogens with zero attached hydrogens (tertiary/aromatic N) is 2. The van der Waals surface area contributed by atoms with Gasteiger partial charge in [-0.1, -0.05) is 0 Å². The van der Waals surface area contributed by atoms with Crippen LogP contribution in [0, 0.1) is 0 Å². The molecule has 0 amide bonds. The van der Waals surface area contributed by atoms with Gasteiger partial charge in [-0.2, -0.15) is 0 Å². The van der Waals surface area contributed by atoms with Gasteiger partial charge in [0.25, 0.3) is 0 Å². The molecule has 0 fully saturated rings. The summed E-state index contributed by atoms with van der Waals surface area (Å²) < 4.78 is 2.17. The Morgan fingerprint density at radius 1 is 0.769 bits per heavy atom. The minimum absolute atomic E-state index is 0.534. The van der Waals surface area contributed by atoms with Crippen molar-refractivity contribution in [3.8, 4) is 0 Å². The molecule has 0 aliphatic rings. The predicted molar refractivity (Wildman–Crippen MR) is 47.7 cm³/mol. The second-order valence-electron chi connectivity index (χ2n) is 2.30. The van der Waals surface area contributed by atoms with E-state index in [-0.39, 0.29) is 0 Å². The van der Waals surface area contributed by atoms with Gasteiger partial charge in [0.2, 0.25) is 0 Å². The molecular weight excluding hydrogens is 256 g/mol. The van der Waals surface area contributed by atoms with E-state index < -0.39 is 0 Å². The maximum atomic E-state index is 4.25. The summed E-state index contributed by atoms with van der Waals surface area (Å²) in [5.74, 6) is 0. The molecule has 0 atom stereocenters. The first-order chi connectivity index (χ1) is 6.45. The van der Waals surface area contributed by atoms with Crippen LogP contribution in [-0.2, 0) is 19.8 Å². The van der Waals surface area contributed by atoms with Gasteiger partial charge in [0.1, 0.15) is 0 Å². The second-order valence-corrected chi connectivity index (χ2v) is 4.19. The number of rotatable bonds is 2. The van der Waals surface area contributed by atoms with Crippen LogP contribution >= 0.6 is 0 Å². The Morgan fingerprint density at radius 3 is 1.69 bits per heavy atom. The Morgan fingerprint density at radius 2 is 1.31 bits per heavy atom. The van der Waals surface area contributed by atoms with Crippen molar-refractivity contribution in [2.24, 2.45) is 0 Å². The summed E-state index contributed by atoms with van der Waals surface area (Å²) >= 11 is 0.534. The Bertz CT molecular complexity index is 324. The number of hydrogen-bond acceptors (Lipinski definition) is 2. The van der Waals surface area contributed by atoms with Crippen LogP contribution < -0.4 is 7.82 Å². The molecule has 0 N–H and O–H groups in total. The summed E-state index contributed by atoms with van der Waals surface area (Å²) in [6.45, 7) is 0. The average Bonchev–Trinajstić information content (AvgIpc) is 2.21. The summed E-state index contributed by atoms with van der Waals surface area (Å²) in [5.41, 5.74) is 0. The zero-order valence-electron chi connectivity index (χ0n) is 6.81. The van der Waals surface area contributed by atoms with E-state index in [0.29, 0.717) is 19.8 Å². The number of aromatic nitrogens is 2.